The molecule has 0 aliphatic carbocycles. The van der Waals surface area contributed by atoms with Gasteiger partial charge in [0.05, 0.1) is 5.69 Å². The van der Waals surface area contributed by atoms with Gasteiger partial charge in [-0.25, -0.2) is 4.79 Å². The smallest absolute Gasteiger partial charge is 0.439 e. The third kappa shape index (κ3) is 3.61. The number of likely N-dealkylation sites (N-methyl/N-ethyl adjacent to an activating group) is 1. The molecule has 0 bridgehead atoms. The van der Waals surface area contributed by atoms with Crippen LogP contribution in [0.25, 0.3) is 11.0 Å². The van der Waals surface area contributed by atoms with Crippen molar-refractivity contribution in [1.29, 1.82) is 0 Å². The van der Waals surface area contributed by atoms with E-state index in [1.165, 1.54) is 0 Å². The predicted molar refractivity (Wildman–Crippen MR) is 83.0 cm³/mol. The fraction of sp³-hybridized carbons (Fsp3) is 0.500. The lowest BCUT2D eigenvalue weighted by atomic mass is 9.89. The van der Waals surface area contributed by atoms with Crippen LogP contribution in [0, 0.1) is 0 Å². The van der Waals surface area contributed by atoms with Crippen LogP contribution in [0.1, 0.15) is 26.5 Å². The Morgan fingerprint density at radius 1 is 1.29 bits per heavy atom. The van der Waals surface area contributed by atoms with Gasteiger partial charge >= 0.3 is 5.76 Å². The highest BCUT2D eigenvalue weighted by atomic mass is 16.5. The van der Waals surface area contributed by atoms with E-state index in [9.17, 15) is 4.79 Å². The number of hydrogen-bond donors (Lipinski definition) is 0. The Balaban J connectivity index is 2.49. The molecular weight excluding hydrogens is 268 g/mol. The third-order valence-electron chi connectivity index (χ3n) is 3.13. The Kier molecular flexibility index (Phi) is 4.32. The van der Waals surface area contributed by atoms with Gasteiger partial charge in [0.1, 0.15) is 6.61 Å². The summed E-state index contributed by atoms with van der Waals surface area (Å²) in [5.74, 6) is -0.00423. The molecule has 2 aromatic rings. The number of fused-ring (bicyclic) bond motifs is 1. The first kappa shape index (κ1) is 15.5. The number of rotatable bonds is 4. The second-order valence-corrected chi connectivity index (χ2v) is 6.36. The molecule has 0 fully saturated rings. The third-order valence-corrected chi connectivity index (χ3v) is 3.13. The summed E-state index contributed by atoms with van der Waals surface area (Å²) in [6, 6.07) is 5.61. The number of aromatic nitrogens is 1. The maximum absolute atomic E-state index is 11.7. The Morgan fingerprint density at radius 3 is 2.62 bits per heavy atom. The van der Waals surface area contributed by atoms with Crippen molar-refractivity contribution in [2.45, 2.75) is 26.2 Å². The monoisotopic (exact) mass is 290 g/mol. The van der Waals surface area contributed by atoms with Crippen LogP contribution < -0.4 is 10.5 Å². The lowest BCUT2D eigenvalue weighted by Gasteiger charge is -2.19. The zero-order valence-corrected chi connectivity index (χ0v) is 13.3. The Labute approximate surface area is 124 Å². The van der Waals surface area contributed by atoms with E-state index in [4.69, 9.17) is 9.15 Å². The van der Waals surface area contributed by atoms with Crippen LogP contribution >= 0.6 is 0 Å². The van der Waals surface area contributed by atoms with Crippen LogP contribution in [0.4, 0.5) is 0 Å². The summed E-state index contributed by atoms with van der Waals surface area (Å²) in [5.41, 5.74) is 0.962. The standard InChI is InChI=1S/C16H22N2O3/c1-16(2,3)14-11-7-6-8-12(20-10-9-18(4)5)13(11)21-15(19)17-14/h6-8H,9-10H2,1-5H3. The minimum atomic E-state index is -0.587. The van der Waals surface area contributed by atoms with E-state index in [2.05, 4.69) is 4.98 Å². The summed E-state index contributed by atoms with van der Waals surface area (Å²) in [5, 5.41) is 0.824. The number of para-hydroxylation sites is 1. The van der Waals surface area contributed by atoms with Crippen molar-refractivity contribution < 1.29 is 9.15 Å². The highest BCUT2D eigenvalue weighted by Crippen LogP contribution is 2.31. The van der Waals surface area contributed by atoms with Crippen molar-refractivity contribution >= 4 is 11.0 Å². The largest absolute Gasteiger partial charge is 0.488 e. The van der Waals surface area contributed by atoms with E-state index in [1.54, 1.807) is 0 Å². The Hall–Kier alpha value is -1.88. The first-order valence-corrected chi connectivity index (χ1v) is 7.01. The van der Waals surface area contributed by atoms with Crippen LogP contribution in [-0.2, 0) is 5.41 Å². The summed E-state index contributed by atoms with van der Waals surface area (Å²) < 4.78 is 11.0. The van der Waals surface area contributed by atoms with Gasteiger partial charge in [0.15, 0.2) is 11.3 Å². The van der Waals surface area contributed by atoms with Gasteiger partial charge in [-0.15, -0.1) is 0 Å². The van der Waals surface area contributed by atoms with Gasteiger partial charge in [0.25, 0.3) is 0 Å². The molecular formula is C16H22N2O3. The van der Waals surface area contributed by atoms with Gasteiger partial charge in [0, 0.05) is 17.3 Å². The average molecular weight is 290 g/mol. The summed E-state index contributed by atoms with van der Waals surface area (Å²) in [4.78, 5) is 17.8. The molecule has 0 amide bonds. The van der Waals surface area contributed by atoms with Crippen molar-refractivity contribution in [3.63, 3.8) is 0 Å². The van der Waals surface area contributed by atoms with E-state index in [0.29, 0.717) is 17.9 Å². The molecule has 0 radical (unpaired) electrons. The van der Waals surface area contributed by atoms with Crippen molar-refractivity contribution in [2.75, 3.05) is 27.2 Å². The molecule has 1 heterocycles. The quantitative estimate of drug-likeness (QED) is 0.865. The molecule has 0 N–H and O–H groups in total. The van der Waals surface area contributed by atoms with E-state index >= 15 is 0 Å². The summed E-state index contributed by atoms with van der Waals surface area (Å²) in [7, 11) is 3.96. The lowest BCUT2D eigenvalue weighted by molar-refractivity contribution is 0.260. The molecule has 0 spiro atoms. The van der Waals surface area contributed by atoms with Gasteiger partial charge in [0.2, 0.25) is 0 Å². The van der Waals surface area contributed by atoms with Crippen molar-refractivity contribution in [2.24, 2.45) is 0 Å². The SMILES string of the molecule is CN(C)CCOc1cccc2c(C(C)(C)C)nc(=O)oc12. The first-order chi connectivity index (χ1) is 9.79. The van der Waals surface area contributed by atoms with Crippen LogP contribution in [0.15, 0.2) is 27.4 Å². The van der Waals surface area contributed by atoms with Crippen molar-refractivity contribution in [3.8, 4) is 5.75 Å². The van der Waals surface area contributed by atoms with E-state index in [1.807, 2.05) is 58.0 Å². The number of benzene rings is 1. The Bertz CT molecular complexity index is 684. The van der Waals surface area contributed by atoms with Gasteiger partial charge in [-0.1, -0.05) is 26.8 Å². The summed E-state index contributed by atoms with van der Waals surface area (Å²) in [6.45, 7) is 7.39. The Morgan fingerprint density at radius 2 is 2.00 bits per heavy atom. The second-order valence-electron chi connectivity index (χ2n) is 6.36. The van der Waals surface area contributed by atoms with Crippen LogP contribution in [0.2, 0.25) is 0 Å². The molecule has 2 rings (SSSR count). The zero-order chi connectivity index (χ0) is 15.6. The molecule has 5 nitrogen and oxygen atoms in total. The van der Waals surface area contributed by atoms with Crippen LogP contribution in [-0.4, -0.2) is 37.1 Å². The topological polar surface area (TPSA) is 55.6 Å². The molecule has 0 atom stereocenters. The molecule has 0 unspecified atom stereocenters. The fourth-order valence-electron chi connectivity index (χ4n) is 2.09. The molecule has 1 aromatic carbocycles. The normalized spacial score (nSPS) is 12.1. The lowest BCUT2D eigenvalue weighted by Crippen LogP contribution is -2.21. The molecule has 0 saturated carbocycles. The van der Waals surface area contributed by atoms with E-state index < -0.39 is 5.76 Å². The highest BCUT2D eigenvalue weighted by Gasteiger charge is 2.22. The number of nitrogens with zero attached hydrogens (tertiary/aromatic N) is 2. The maximum atomic E-state index is 11.7. The molecule has 1 aromatic heterocycles. The predicted octanol–water partition coefficient (Wildman–Crippen LogP) is 2.43. The summed E-state index contributed by atoms with van der Waals surface area (Å²) in [6.07, 6.45) is 0. The average Bonchev–Trinajstić information content (AvgIpc) is 2.37. The molecule has 21 heavy (non-hydrogen) atoms. The van der Waals surface area contributed by atoms with E-state index in [0.717, 1.165) is 17.6 Å². The van der Waals surface area contributed by atoms with Gasteiger partial charge in [-0.05, 0) is 26.2 Å². The second kappa shape index (κ2) is 5.85. The number of hydrogen-bond acceptors (Lipinski definition) is 5. The first-order valence-electron chi connectivity index (χ1n) is 7.01. The molecule has 0 aliphatic rings. The molecule has 5 heteroatoms. The van der Waals surface area contributed by atoms with Crippen molar-refractivity contribution in [1.82, 2.24) is 9.88 Å². The fourth-order valence-corrected chi connectivity index (χ4v) is 2.09. The summed E-state index contributed by atoms with van der Waals surface area (Å²) >= 11 is 0. The highest BCUT2D eigenvalue weighted by molar-refractivity contribution is 5.85. The zero-order valence-electron chi connectivity index (χ0n) is 13.3. The molecule has 0 saturated heterocycles. The minimum absolute atomic E-state index is 0.240. The minimum Gasteiger partial charge on any atom is -0.488 e. The number of ether oxygens (including phenoxy) is 1. The van der Waals surface area contributed by atoms with Crippen LogP contribution in [0.3, 0.4) is 0 Å². The van der Waals surface area contributed by atoms with Gasteiger partial charge in [-0.2, -0.15) is 4.98 Å². The van der Waals surface area contributed by atoms with E-state index in [-0.39, 0.29) is 5.41 Å². The van der Waals surface area contributed by atoms with Gasteiger partial charge < -0.3 is 14.1 Å². The van der Waals surface area contributed by atoms with Crippen LogP contribution in [0.5, 0.6) is 5.75 Å². The molecule has 114 valence electrons. The maximum Gasteiger partial charge on any atom is 0.439 e. The molecule has 0 aliphatic heterocycles. The van der Waals surface area contributed by atoms with Gasteiger partial charge in [-0.3, -0.25) is 0 Å². The van der Waals surface area contributed by atoms with Crippen molar-refractivity contribution in [3.05, 3.63) is 34.4 Å².